The number of carbonyl (C=O) groups is 2. The average Bonchev–Trinajstić information content (AvgIpc) is 3.21. The number of carbonyl (C=O) groups excluding carboxylic acids is 2. The van der Waals surface area contributed by atoms with Gasteiger partial charge in [0.1, 0.15) is 5.60 Å². The van der Waals surface area contributed by atoms with E-state index in [0.29, 0.717) is 38.1 Å². The molecule has 1 saturated heterocycles. The lowest BCUT2D eigenvalue weighted by Gasteiger charge is -2.40. The molecule has 1 aliphatic carbocycles. The van der Waals surface area contributed by atoms with Crippen molar-refractivity contribution in [2.45, 2.75) is 83.9 Å². The van der Waals surface area contributed by atoms with Gasteiger partial charge in [-0.3, -0.25) is 4.79 Å². The number of nitrogens with one attached hydrogen (secondary N) is 1. The zero-order valence-corrected chi connectivity index (χ0v) is 18.7. The first kappa shape index (κ1) is 21.0. The van der Waals surface area contributed by atoms with Crippen molar-refractivity contribution in [3.63, 3.8) is 0 Å². The molecular formula is C24H36N2O4. The van der Waals surface area contributed by atoms with Crippen molar-refractivity contribution >= 4 is 17.7 Å². The second-order valence-corrected chi connectivity index (χ2v) is 9.28. The van der Waals surface area contributed by atoms with Gasteiger partial charge >= 0.3 is 12.1 Å². The molecule has 0 unspecified atom stereocenters. The Balaban J connectivity index is 1.90. The van der Waals surface area contributed by atoms with Crippen LogP contribution in [0.3, 0.4) is 0 Å². The van der Waals surface area contributed by atoms with Gasteiger partial charge in [0.15, 0.2) is 0 Å². The van der Waals surface area contributed by atoms with Gasteiger partial charge in [-0.05, 0) is 71.1 Å². The van der Waals surface area contributed by atoms with E-state index in [1.54, 1.807) is 17.9 Å². The molecular weight excluding hydrogens is 380 g/mol. The molecule has 0 bridgehead atoms. The first-order valence-electron chi connectivity index (χ1n) is 11.7. The van der Waals surface area contributed by atoms with Crippen molar-refractivity contribution in [3.8, 4) is 0 Å². The number of anilines is 1. The van der Waals surface area contributed by atoms with E-state index in [9.17, 15) is 9.59 Å². The highest BCUT2D eigenvalue weighted by Gasteiger charge is 2.41. The van der Waals surface area contributed by atoms with Gasteiger partial charge in [-0.25, -0.2) is 4.79 Å². The van der Waals surface area contributed by atoms with Crippen LogP contribution >= 0.6 is 0 Å². The minimum absolute atomic E-state index is 0.294. The summed E-state index contributed by atoms with van der Waals surface area (Å²) in [4.78, 5) is 27.4. The van der Waals surface area contributed by atoms with Crippen LogP contribution in [0.5, 0.6) is 0 Å². The van der Waals surface area contributed by atoms with Crippen LogP contribution in [0, 0.1) is 5.92 Å². The van der Waals surface area contributed by atoms with Crippen molar-refractivity contribution in [2.75, 3.05) is 18.5 Å². The molecule has 1 heterocycles. The zero-order chi connectivity index (χ0) is 22.6. The van der Waals surface area contributed by atoms with Crippen LogP contribution in [0.25, 0.3) is 0 Å². The highest BCUT2D eigenvalue weighted by molar-refractivity contribution is 5.76. The van der Waals surface area contributed by atoms with Crippen molar-refractivity contribution < 1.29 is 20.4 Å². The molecule has 1 amide bonds. The normalized spacial score (nSPS) is 23.1. The SMILES string of the molecule is [2H]c1cc([C@H]2[C@@H](C(=O)OCC)CCCN2C(=O)OC(C)(C)C)ccc1NC1CCCC1. The number of ether oxygens (including phenoxy) is 2. The maximum absolute atomic E-state index is 13.0. The number of piperidine rings is 1. The molecule has 1 aromatic carbocycles. The average molecular weight is 418 g/mol. The summed E-state index contributed by atoms with van der Waals surface area (Å²) in [5, 5.41) is 3.47. The Hall–Kier alpha value is -2.24. The quantitative estimate of drug-likeness (QED) is 0.659. The zero-order valence-electron chi connectivity index (χ0n) is 19.7. The molecule has 1 N–H and O–H groups in total. The Morgan fingerprint density at radius 3 is 2.53 bits per heavy atom. The number of hydrogen-bond acceptors (Lipinski definition) is 5. The van der Waals surface area contributed by atoms with Gasteiger partial charge in [-0.15, -0.1) is 0 Å². The van der Waals surface area contributed by atoms with Gasteiger partial charge in [0.25, 0.3) is 0 Å². The number of benzene rings is 1. The summed E-state index contributed by atoms with van der Waals surface area (Å²) in [6.07, 6.45) is 5.59. The van der Waals surface area contributed by atoms with E-state index in [1.165, 1.54) is 12.8 Å². The highest BCUT2D eigenvalue weighted by atomic mass is 16.6. The minimum Gasteiger partial charge on any atom is -0.466 e. The molecule has 1 aromatic rings. The topological polar surface area (TPSA) is 67.9 Å². The molecule has 1 aliphatic heterocycles. The molecule has 2 atom stereocenters. The molecule has 6 heteroatoms. The molecule has 30 heavy (non-hydrogen) atoms. The van der Waals surface area contributed by atoms with Crippen LogP contribution in [0.4, 0.5) is 10.5 Å². The van der Waals surface area contributed by atoms with Crippen LogP contribution in [-0.4, -0.2) is 41.8 Å². The van der Waals surface area contributed by atoms with Crippen molar-refractivity contribution in [1.82, 2.24) is 4.90 Å². The Bertz CT molecular complexity index is 786. The summed E-state index contributed by atoms with van der Waals surface area (Å²) in [6.45, 7) is 8.08. The molecule has 0 spiro atoms. The van der Waals surface area contributed by atoms with E-state index in [0.717, 1.165) is 24.1 Å². The number of esters is 1. The molecule has 6 nitrogen and oxygen atoms in total. The highest BCUT2D eigenvalue weighted by Crippen LogP contribution is 2.38. The Kier molecular flexibility index (Phi) is 6.80. The van der Waals surface area contributed by atoms with E-state index in [2.05, 4.69) is 5.32 Å². The molecule has 0 radical (unpaired) electrons. The number of rotatable bonds is 5. The predicted octanol–water partition coefficient (Wildman–Crippen LogP) is 5.29. The second kappa shape index (κ2) is 9.71. The number of nitrogens with zero attached hydrogens (tertiary/aromatic N) is 1. The lowest BCUT2D eigenvalue weighted by atomic mass is 9.84. The Labute approximate surface area is 181 Å². The van der Waals surface area contributed by atoms with E-state index in [-0.39, 0.29) is 5.97 Å². The summed E-state index contributed by atoms with van der Waals surface area (Å²) < 4.78 is 19.5. The van der Waals surface area contributed by atoms with Gasteiger partial charge in [-0.2, -0.15) is 0 Å². The number of hydrogen-bond donors (Lipinski definition) is 1. The van der Waals surface area contributed by atoms with Crippen LogP contribution in [-0.2, 0) is 14.3 Å². The standard InChI is InChI=1S/C24H36N2O4/c1-5-29-22(27)20-11-8-16-26(23(28)30-24(2,3)4)21(20)17-12-14-19(15-13-17)25-18-9-6-7-10-18/h12-15,18,20-21,25H,5-11,16H2,1-4H3/t20-,21-/m0/s1/i14D. The fourth-order valence-corrected chi connectivity index (χ4v) is 4.43. The Morgan fingerprint density at radius 2 is 1.90 bits per heavy atom. The maximum atomic E-state index is 13.0. The van der Waals surface area contributed by atoms with Crippen LogP contribution in [0.2, 0.25) is 0 Å². The summed E-state index contributed by atoms with van der Waals surface area (Å²) >= 11 is 0. The fraction of sp³-hybridized carbons (Fsp3) is 0.667. The lowest BCUT2D eigenvalue weighted by Crippen LogP contribution is -2.47. The predicted molar refractivity (Wildman–Crippen MR) is 117 cm³/mol. The van der Waals surface area contributed by atoms with Crippen molar-refractivity contribution in [3.05, 3.63) is 29.8 Å². The van der Waals surface area contributed by atoms with Gasteiger partial charge in [0, 0.05) is 18.3 Å². The summed E-state index contributed by atoms with van der Waals surface area (Å²) in [7, 11) is 0. The maximum Gasteiger partial charge on any atom is 0.410 e. The summed E-state index contributed by atoms with van der Waals surface area (Å²) in [6, 6.07) is 5.88. The van der Waals surface area contributed by atoms with E-state index in [1.807, 2.05) is 32.9 Å². The van der Waals surface area contributed by atoms with Crippen LogP contribution < -0.4 is 5.32 Å². The first-order chi connectivity index (χ1) is 14.7. The third-order valence-corrected chi connectivity index (χ3v) is 5.74. The molecule has 0 aromatic heterocycles. The Morgan fingerprint density at radius 1 is 1.17 bits per heavy atom. The molecule has 3 rings (SSSR count). The van der Waals surface area contributed by atoms with Crippen molar-refractivity contribution in [1.29, 1.82) is 0 Å². The van der Waals surface area contributed by atoms with E-state index in [4.69, 9.17) is 10.8 Å². The summed E-state index contributed by atoms with van der Waals surface area (Å²) in [5.74, 6) is -0.783. The molecule has 2 fully saturated rings. The van der Waals surface area contributed by atoms with Gasteiger partial charge in [-0.1, -0.05) is 25.0 Å². The minimum atomic E-state index is -0.631. The first-order valence-corrected chi connectivity index (χ1v) is 11.2. The monoisotopic (exact) mass is 417 g/mol. The smallest absolute Gasteiger partial charge is 0.410 e. The van der Waals surface area contributed by atoms with E-state index >= 15 is 0 Å². The van der Waals surface area contributed by atoms with Crippen molar-refractivity contribution in [2.24, 2.45) is 5.92 Å². The molecule has 2 aliphatic rings. The lowest BCUT2D eigenvalue weighted by molar-refractivity contribution is -0.152. The van der Waals surface area contributed by atoms with Crippen LogP contribution in [0.15, 0.2) is 24.2 Å². The third kappa shape index (κ3) is 5.67. The molecule has 166 valence electrons. The fourth-order valence-electron chi connectivity index (χ4n) is 4.43. The van der Waals surface area contributed by atoms with E-state index < -0.39 is 23.7 Å². The third-order valence-electron chi connectivity index (χ3n) is 5.74. The largest absolute Gasteiger partial charge is 0.466 e. The number of amides is 1. The van der Waals surface area contributed by atoms with Gasteiger partial charge in [0.05, 0.1) is 19.9 Å². The summed E-state index contributed by atoms with van der Waals surface area (Å²) in [5.41, 5.74) is 0.933. The second-order valence-electron chi connectivity index (χ2n) is 9.28. The van der Waals surface area contributed by atoms with Gasteiger partial charge in [0.2, 0.25) is 0 Å². The van der Waals surface area contributed by atoms with Crippen LogP contribution in [0.1, 0.15) is 79.2 Å². The molecule has 1 saturated carbocycles. The number of likely N-dealkylation sites (tertiary alicyclic amines) is 1. The van der Waals surface area contributed by atoms with Gasteiger partial charge < -0.3 is 19.7 Å².